The largest absolute Gasteiger partial charge is 0.462 e. The van der Waals surface area contributed by atoms with E-state index in [2.05, 4.69) is 69.4 Å². The van der Waals surface area contributed by atoms with Crippen LogP contribution in [-0.2, 0) is 28.6 Å². The molecular weight excluding hydrogens is 757 g/mol. The zero-order valence-corrected chi connectivity index (χ0v) is 40.4. The highest BCUT2D eigenvalue weighted by molar-refractivity contribution is 5.71. The third kappa shape index (κ3) is 48.3. The van der Waals surface area contributed by atoms with Gasteiger partial charge in [0.25, 0.3) is 0 Å². The van der Waals surface area contributed by atoms with Gasteiger partial charge in [-0.15, -0.1) is 0 Å². The number of allylic oxidation sites excluding steroid dienone is 8. The summed E-state index contributed by atoms with van der Waals surface area (Å²) in [6.45, 7) is 6.51. The summed E-state index contributed by atoms with van der Waals surface area (Å²) in [6, 6.07) is 0. The van der Waals surface area contributed by atoms with Crippen molar-refractivity contribution < 1.29 is 28.6 Å². The van der Waals surface area contributed by atoms with Crippen LogP contribution in [0.2, 0.25) is 0 Å². The molecule has 0 rings (SSSR count). The summed E-state index contributed by atoms with van der Waals surface area (Å²) in [5.74, 6) is -0.907. The maximum Gasteiger partial charge on any atom is 0.306 e. The fourth-order valence-corrected chi connectivity index (χ4v) is 7.39. The Kier molecular flexibility index (Phi) is 47.9. The summed E-state index contributed by atoms with van der Waals surface area (Å²) in [4.78, 5) is 37.9. The van der Waals surface area contributed by atoms with Gasteiger partial charge < -0.3 is 14.2 Å². The average molecular weight is 855 g/mol. The van der Waals surface area contributed by atoms with Gasteiger partial charge in [0.1, 0.15) is 13.2 Å². The summed E-state index contributed by atoms with van der Waals surface area (Å²) >= 11 is 0. The van der Waals surface area contributed by atoms with Gasteiger partial charge >= 0.3 is 17.9 Å². The van der Waals surface area contributed by atoms with Gasteiger partial charge in [0.2, 0.25) is 0 Å². The number of hydrogen-bond acceptors (Lipinski definition) is 6. The number of carbonyl (C=O) groups is 3. The van der Waals surface area contributed by atoms with Crippen LogP contribution in [0.4, 0.5) is 0 Å². The van der Waals surface area contributed by atoms with Crippen LogP contribution in [-0.4, -0.2) is 37.2 Å². The first kappa shape index (κ1) is 58.4. The maximum absolute atomic E-state index is 12.8. The van der Waals surface area contributed by atoms with Crippen molar-refractivity contribution in [3.05, 3.63) is 48.6 Å². The van der Waals surface area contributed by atoms with Gasteiger partial charge in [0, 0.05) is 19.3 Å². The second-order valence-corrected chi connectivity index (χ2v) is 17.4. The van der Waals surface area contributed by atoms with Gasteiger partial charge in [-0.05, 0) is 77.0 Å². The topological polar surface area (TPSA) is 78.9 Å². The van der Waals surface area contributed by atoms with Crippen molar-refractivity contribution in [1.29, 1.82) is 0 Å². The third-order valence-electron chi connectivity index (χ3n) is 11.3. The summed E-state index contributed by atoms with van der Waals surface area (Å²) in [5.41, 5.74) is 0. The second kappa shape index (κ2) is 50.0. The van der Waals surface area contributed by atoms with E-state index in [1.54, 1.807) is 0 Å². The number of hydrogen-bond donors (Lipinski definition) is 0. The van der Waals surface area contributed by atoms with Crippen LogP contribution in [0.3, 0.4) is 0 Å². The van der Waals surface area contributed by atoms with E-state index in [0.717, 1.165) is 96.3 Å². The first-order chi connectivity index (χ1) is 30.0. The van der Waals surface area contributed by atoms with E-state index in [0.29, 0.717) is 19.3 Å². The number of rotatable bonds is 47. The molecule has 0 N–H and O–H groups in total. The third-order valence-corrected chi connectivity index (χ3v) is 11.3. The first-order valence-electron chi connectivity index (χ1n) is 26.1. The molecule has 0 saturated carbocycles. The van der Waals surface area contributed by atoms with Crippen LogP contribution in [0.15, 0.2) is 48.6 Å². The normalized spacial score (nSPS) is 12.4. The minimum Gasteiger partial charge on any atom is -0.462 e. The van der Waals surface area contributed by atoms with Crippen LogP contribution in [0.25, 0.3) is 0 Å². The molecule has 0 aliphatic heterocycles. The molecule has 0 aliphatic rings. The van der Waals surface area contributed by atoms with E-state index in [1.165, 1.54) is 128 Å². The minimum absolute atomic E-state index is 0.0828. The number of esters is 3. The minimum atomic E-state index is -0.784. The van der Waals surface area contributed by atoms with Crippen LogP contribution in [0.1, 0.15) is 265 Å². The molecule has 61 heavy (non-hydrogen) atoms. The molecule has 1 atom stereocenters. The quantitative estimate of drug-likeness (QED) is 0.0263. The monoisotopic (exact) mass is 855 g/mol. The molecule has 6 heteroatoms. The van der Waals surface area contributed by atoms with Crippen LogP contribution >= 0.6 is 0 Å². The van der Waals surface area contributed by atoms with Crippen molar-refractivity contribution in [3.63, 3.8) is 0 Å². The van der Waals surface area contributed by atoms with Gasteiger partial charge in [0.05, 0.1) is 0 Å². The van der Waals surface area contributed by atoms with Gasteiger partial charge in [-0.1, -0.05) is 217 Å². The molecular formula is C55H98O6. The molecule has 0 saturated heterocycles. The Morgan fingerprint density at radius 2 is 0.639 bits per heavy atom. The highest BCUT2D eigenvalue weighted by Gasteiger charge is 2.19. The van der Waals surface area contributed by atoms with Crippen LogP contribution in [0, 0.1) is 0 Å². The predicted molar refractivity (Wildman–Crippen MR) is 261 cm³/mol. The molecule has 0 radical (unpaired) electrons. The van der Waals surface area contributed by atoms with Crippen LogP contribution in [0.5, 0.6) is 0 Å². The van der Waals surface area contributed by atoms with Crippen molar-refractivity contribution in [2.24, 2.45) is 0 Å². The lowest BCUT2D eigenvalue weighted by atomic mass is 10.1. The Bertz CT molecular complexity index is 1070. The summed E-state index contributed by atoms with van der Waals surface area (Å²) in [5, 5.41) is 0. The van der Waals surface area contributed by atoms with E-state index >= 15 is 0 Å². The van der Waals surface area contributed by atoms with Gasteiger partial charge in [-0.25, -0.2) is 0 Å². The maximum atomic E-state index is 12.8. The number of unbranched alkanes of at least 4 members (excludes halogenated alkanes) is 28. The van der Waals surface area contributed by atoms with E-state index in [-0.39, 0.29) is 31.1 Å². The predicted octanol–water partition coefficient (Wildman–Crippen LogP) is 17.1. The van der Waals surface area contributed by atoms with Crippen molar-refractivity contribution in [2.75, 3.05) is 13.2 Å². The first-order valence-corrected chi connectivity index (χ1v) is 26.1. The highest BCUT2D eigenvalue weighted by Crippen LogP contribution is 2.15. The van der Waals surface area contributed by atoms with E-state index < -0.39 is 6.10 Å². The van der Waals surface area contributed by atoms with Gasteiger partial charge in [-0.2, -0.15) is 0 Å². The molecule has 0 aromatic carbocycles. The van der Waals surface area contributed by atoms with Gasteiger partial charge in [-0.3, -0.25) is 14.4 Å². The SMILES string of the molecule is CC/C=C\C/C=C\C/C=C\CCCCCCC(=O)OC(COC(=O)CCCCCCC/C=C\CCCCCCCCCCC)COC(=O)CCCCCCCCCCCCC. The molecule has 0 spiro atoms. The molecule has 354 valence electrons. The lowest BCUT2D eigenvalue weighted by molar-refractivity contribution is -0.167. The van der Waals surface area contributed by atoms with E-state index in [4.69, 9.17) is 14.2 Å². The Balaban J connectivity index is 4.36. The molecule has 6 nitrogen and oxygen atoms in total. The molecule has 1 unspecified atom stereocenters. The Hall–Kier alpha value is -2.63. The molecule has 0 aromatic rings. The molecule has 0 amide bonds. The Morgan fingerprint density at radius 1 is 0.344 bits per heavy atom. The fraction of sp³-hybridized carbons (Fsp3) is 0.800. The summed E-state index contributed by atoms with van der Waals surface area (Å²) in [7, 11) is 0. The van der Waals surface area contributed by atoms with Crippen molar-refractivity contribution in [2.45, 2.75) is 271 Å². The number of carbonyl (C=O) groups excluding carboxylic acids is 3. The smallest absolute Gasteiger partial charge is 0.306 e. The van der Waals surface area contributed by atoms with Crippen molar-refractivity contribution >= 4 is 17.9 Å². The van der Waals surface area contributed by atoms with E-state index in [1.807, 2.05) is 0 Å². The average Bonchev–Trinajstić information content (AvgIpc) is 3.26. The molecule has 0 aliphatic carbocycles. The Morgan fingerprint density at radius 3 is 1.02 bits per heavy atom. The zero-order valence-electron chi connectivity index (χ0n) is 40.4. The van der Waals surface area contributed by atoms with Crippen molar-refractivity contribution in [3.8, 4) is 0 Å². The van der Waals surface area contributed by atoms with Gasteiger partial charge in [0.15, 0.2) is 6.10 Å². The van der Waals surface area contributed by atoms with Crippen molar-refractivity contribution in [1.82, 2.24) is 0 Å². The molecule has 0 bridgehead atoms. The molecule has 0 aromatic heterocycles. The lowest BCUT2D eigenvalue weighted by Gasteiger charge is -2.18. The standard InChI is InChI=1S/C55H98O6/c1-4-7-10-13-16-19-22-24-26-27-28-29-31-33-36-39-42-45-48-54(57)60-51-52(50-59-53(56)47-44-41-38-35-32-21-18-15-12-9-6-3)61-55(58)49-46-43-40-37-34-30-25-23-20-17-14-11-8-5-2/h8,11,17,20,25,28-30,52H,4-7,9-10,12-16,18-19,21-24,26-27,31-51H2,1-3H3/b11-8-,20-17-,29-28-,30-25-. The van der Waals surface area contributed by atoms with Crippen LogP contribution < -0.4 is 0 Å². The fourth-order valence-electron chi connectivity index (χ4n) is 7.39. The summed E-state index contributed by atoms with van der Waals surface area (Å²) < 4.78 is 16.8. The zero-order chi connectivity index (χ0) is 44.4. The Labute approximate surface area is 378 Å². The highest BCUT2D eigenvalue weighted by atomic mass is 16.6. The number of ether oxygens (including phenoxy) is 3. The van der Waals surface area contributed by atoms with E-state index in [9.17, 15) is 14.4 Å². The summed E-state index contributed by atoms with van der Waals surface area (Å²) in [6.07, 6.45) is 59.5. The lowest BCUT2D eigenvalue weighted by Crippen LogP contribution is -2.30. The molecule has 0 fully saturated rings. The molecule has 0 heterocycles. The second-order valence-electron chi connectivity index (χ2n) is 17.4.